The van der Waals surface area contributed by atoms with E-state index in [-0.39, 0.29) is 23.6 Å². The van der Waals surface area contributed by atoms with Crippen molar-refractivity contribution in [2.75, 3.05) is 48.3 Å². The summed E-state index contributed by atoms with van der Waals surface area (Å²) in [4.78, 5) is 31.7. The van der Waals surface area contributed by atoms with Gasteiger partial charge in [-0.3, -0.25) is 24.5 Å². The molecule has 4 aromatic rings. The van der Waals surface area contributed by atoms with Gasteiger partial charge in [-0.05, 0) is 75.8 Å². The van der Waals surface area contributed by atoms with Crippen molar-refractivity contribution in [3.63, 3.8) is 0 Å². The van der Waals surface area contributed by atoms with Crippen LogP contribution >= 0.6 is 0 Å². The van der Waals surface area contributed by atoms with E-state index in [1.165, 1.54) is 11.3 Å². The molecule has 0 radical (unpaired) electrons. The molecule has 1 aliphatic carbocycles. The SMILES string of the molecule is Cc1nn(C2CCC(N3CCN(c4cccc5c4CCN5C4CCC(=O)NC4=O)CC3)CC2)cc1-c1cc(-c2ccccc2O)nnc1N. The van der Waals surface area contributed by atoms with E-state index in [9.17, 15) is 14.7 Å². The number of piperidine rings is 1. The number of carbonyl (C=O) groups excluding carboxylic acids is 2. The molecule has 1 saturated carbocycles. The molecule has 5 heterocycles. The second kappa shape index (κ2) is 12.8. The minimum Gasteiger partial charge on any atom is -0.507 e. The number of hydrogen-bond acceptors (Lipinski definition) is 10. The smallest absolute Gasteiger partial charge is 0.249 e. The number of para-hydroxylation sites is 1. The van der Waals surface area contributed by atoms with E-state index in [0.717, 1.165) is 87.3 Å². The summed E-state index contributed by atoms with van der Waals surface area (Å²) < 4.78 is 2.12. The first-order valence-corrected chi connectivity index (χ1v) is 17.5. The third kappa shape index (κ3) is 5.88. The molecular weight excluding hydrogens is 618 g/mol. The third-order valence-corrected chi connectivity index (χ3v) is 11.0. The van der Waals surface area contributed by atoms with E-state index in [1.54, 1.807) is 12.1 Å². The lowest BCUT2D eigenvalue weighted by atomic mass is 9.90. The quantitative estimate of drug-likeness (QED) is 0.259. The summed E-state index contributed by atoms with van der Waals surface area (Å²) in [6.45, 7) is 6.86. The van der Waals surface area contributed by atoms with Crippen molar-refractivity contribution < 1.29 is 14.7 Å². The fourth-order valence-electron chi connectivity index (χ4n) is 8.43. The molecule has 3 aliphatic heterocycles. The van der Waals surface area contributed by atoms with Gasteiger partial charge >= 0.3 is 0 Å². The van der Waals surface area contributed by atoms with E-state index in [0.29, 0.717) is 42.0 Å². The monoisotopic (exact) mass is 661 g/mol. The summed E-state index contributed by atoms with van der Waals surface area (Å²) in [6.07, 6.45) is 8.41. The van der Waals surface area contributed by atoms with Crippen LogP contribution in [0.15, 0.2) is 54.7 Å². The molecule has 4 N–H and O–H groups in total. The van der Waals surface area contributed by atoms with Crippen molar-refractivity contribution in [2.24, 2.45) is 0 Å². The number of carbonyl (C=O) groups is 2. The Labute approximate surface area is 285 Å². The first-order valence-electron chi connectivity index (χ1n) is 17.5. The predicted octanol–water partition coefficient (Wildman–Crippen LogP) is 4.08. The van der Waals surface area contributed by atoms with E-state index in [4.69, 9.17) is 10.8 Å². The topological polar surface area (TPSA) is 146 Å². The van der Waals surface area contributed by atoms with Crippen LogP contribution in [0.2, 0.25) is 0 Å². The molecule has 12 heteroatoms. The number of phenolic OH excluding ortho intramolecular Hbond substituents is 1. The number of nitrogen functional groups attached to an aromatic ring is 1. The number of anilines is 3. The molecule has 1 unspecified atom stereocenters. The standard InChI is InChI=1S/C37H43N9O3/c1-23-29(28-21-30(40-41-36(28)38)26-5-2-3-8-34(26)47)22-46(42-23)25-11-9-24(10-12-25)43-17-19-44(20-18-43)31-6-4-7-32-27(31)15-16-45(32)33-13-14-35(48)39-37(33)49/h2-8,21-22,24-25,33,47H,9-20H2,1H3,(H2,38,41)(H,39,48,49). The Hall–Kier alpha value is -4.97. The van der Waals surface area contributed by atoms with Crippen LogP contribution < -0.4 is 20.9 Å². The fraction of sp³-hybridized carbons (Fsp3) is 0.432. The molecule has 3 fully saturated rings. The van der Waals surface area contributed by atoms with Crippen LogP contribution in [0, 0.1) is 6.92 Å². The lowest BCUT2D eigenvalue weighted by Crippen LogP contribution is -2.52. The molecule has 254 valence electrons. The van der Waals surface area contributed by atoms with Gasteiger partial charge in [0, 0.05) is 85.0 Å². The van der Waals surface area contributed by atoms with Gasteiger partial charge in [0.2, 0.25) is 11.8 Å². The summed E-state index contributed by atoms with van der Waals surface area (Å²) in [5.74, 6) is 0.157. The predicted molar refractivity (Wildman–Crippen MR) is 188 cm³/mol. The summed E-state index contributed by atoms with van der Waals surface area (Å²) in [6, 6.07) is 16.1. The molecule has 2 saturated heterocycles. The maximum Gasteiger partial charge on any atom is 0.249 e. The van der Waals surface area contributed by atoms with Gasteiger partial charge in [-0.15, -0.1) is 10.2 Å². The average molecular weight is 662 g/mol. The molecule has 1 atom stereocenters. The highest BCUT2D eigenvalue weighted by atomic mass is 16.3. The Morgan fingerprint density at radius 2 is 1.57 bits per heavy atom. The Kier molecular flexibility index (Phi) is 8.18. The van der Waals surface area contributed by atoms with E-state index >= 15 is 0 Å². The number of nitrogens with one attached hydrogen (secondary N) is 1. The lowest BCUT2D eigenvalue weighted by molar-refractivity contribution is -0.134. The molecule has 2 aromatic heterocycles. The van der Waals surface area contributed by atoms with E-state index in [1.807, 2.05) is 25.1 Å². The van der Waals surface area contributed by atoms with Crippen molar-refractivity contribution in [2.45, 2.75) is 70.0 Å². The first kappa shape index (κ1) is 31.3. The second-order valence-electron chi connectivity index (χ2n) is 13.8. The maximum atomic E-state index is 12.6. The number of amides is 2. The van der Waals surface area contributed by atoms with Crippen molar-refractivity contribution in [3.8, 4) is 28.1 Å². The number of nitrogens with zero attached hydrogens (tertiary/aromatic N) is 7. The Morgan fingerprint density at radius 1 is 0.816 bits per heavy atom. The van der Waals surface area contributed by atoms with Gasteiger partial charge in [0.25, 0.3) is 0 Å². The van der Waals surface area contributed by atoms with Gasteiger partial charge in [0.15, 0.2) is 5.82 Å². The summed E-state index contributed by atoms with van der Waals surface area (Å²) >= 11 is 0. The van der Waals surface area contributed by atoms with Crippen molar-refractivity contribution in [1.82, 2.24) is 30.2 Å². The molecule has 2 aromatic carbocycles. The first-order chi connectivity index (χ1) is 23.8. The average Bonchev–Trinajstić information content (AvgIpc) is 3.73. The van der Waals surface area contributed by atoms with Crippen LogP contribution in [-0.2, 0) is 16.0 Å². The zero-order valence-electron chi connectivity index (χ0n) is 27.9. The molecule has 4 aliphatic rings. The van der Waals surface area contributed by atoms with Crippen LogP contribution in [0.3, 0.4) is 0 Å². The largest absolute Gasteiger partial charge is 0.507 e. The van der Waals surface area contributed by atoms with Crippen LogP contribution in [0.1, 0.15) is 55.8 Å². The number of fused-ring (bicyclic) bond motifs is 1. The van der Waals surface area contributed by atoms with Gasteiger partial charge in [0.05, 0.1) is 17.4 Å². The zero-order valence-corrected chi connectivity index (χ0v) is 27.9. The summed E-state index contributed by atoms with van der Waals surface area (Å²) in [5.41, 5.74) is 13.9. The number of aromatic hydroxyl groups is 1. The van der Waals surface area contributed by atoms with Crippen LogP contribution in [0.25, 0.3) is 22.4 Å². The van der Waals surface area contributed by atoms with Gasteiger partial charge in [-0.2, -0.15) is 5.10 Å². The van der Waals surface area contributed by atoms with Gasteiger partial charge in [-0.1, -0.05) is 18.2 Å². The Morgan fingerprint density at radius 3 is 2.35 bits per heavy atom. The number of hydrogen-bond donors (Lipinski definition) is 3. The van der Waals surface area contributed by atoms with Crippen LogP contribution in [-0.4, -0.2) is 86.6 Å². The number of benzene rings is 2. The minimum atomic E-state index is -0.271. The van der Waals surface area contributed by atoms with Crippen LogP contribution in [0.5, 0.6) is 5.75 Å². The van der Waals surface area contributed by atoms with E-state index in [2.05, 4.69) is 59.3 Å². The normalized spacial score (nSPS) is 23.1. The summed E-state index contributed by atoms with van der Waals surface area (Å²) in [5, 5.41) is 26.3. The van der Waals surface area contributed by atoms with Gasteiger partial charge < -0.3 is 20.6 Å². The number of aromatic nitrogens is 4. The molecule has 2 amide bonds. The van der Waals surface area contributed by atoms with Gasteiger partial charge in [-0.25, -0.2) is 0 Å². The van der Waals surface area contributed by atoms with Crippen molar-refractivity contribution in [3.05, 3.63) is 66.0 Å². The number of piperazine rings is 1. The Balaban J connectivity index is 0.891. The van der Waals surface area contributed by atoms with Crippen molar-refractivity contribution >= 4 is 29.0 Å². The van der Waals surface area contributed by atoms with Crippen molar-refractivity contribution in [1.29, 1.82) is 0 Å². The summed E-state index contributed by atoms with van der Waals surface area (Å²) in [7, 11) is 0. The molecule has 0 bridgehead atoms. The van der Waals surface area contributed by atoms with Crippen LogP contribution in [0.4, 0.5) is 17.2 Å². The molecule has 0 spiro atoms. The molecule has 8 rings (SSSR count). The number of phenols is 1. The zero-order chi connectivity index (χ0) is 33.6. The number of rotatable bonds is 6. The number of aryl methyl sites for hydroxylation is 1. The fourth-order valence-corrected chi connectivity index (χ4v) is 8.43. The van der Waals surface area contributed by atoms with E-state index < -0.39 is 0 Å². The highest BCUT2D eigenvalue weighted by Crippen LogP contribution is 2.40. The highest BCUT2D eigenvalue weighted by molar-refractivity contribution is 6.02. The minimum absolute atomic E-state index is 0.153. The molecular formula is C37H43N9O3. The number of nitrogens with two attached hydrogens (primary N) is 1. The lowest BCUT2D eigenvalue weighted by Gasteiger charge is -2.43. The third-order valence-electron chi connectivity index (χ3n) is 11.0. The molecule has 12 nitrogen and oxygen atoms in total. The highest BCUT2D eigenvalue weighted by Gasteiger charge is 2.37. The molecule has 49 heavy (non-hydrogen) atoms. The van der Waals surface area contributed by atoms with Gasteiger partial charge in [0.1, 0.15) is 11.8 Å². The second-order valence-corrected chi connectivity index (χ2v) is 13.8. The Bertz CT molecular complexity index is 1890. The number of imide groups is 1. The maximum absolute atomic E-state index is 12.6.